The summed E-state index contributed by atoms with van der Waals surface area (Å²) in [4.78, 5) is 0. The molecule has 0 unspecified atom stereocenters. The molecule has 4 rings (SSSR count). The second kappa shape index (κ2) is 2.98. The van der Waals surface area contributed by atoms with Crippen LogP contribution in [0.15, 0.2) is 54.6 Å². The summed E-state index contributed by atoms with van der Waals surface area (Å²) >= 11 is 0. The minimum Gasteiger partial charge on any atom is -0.0616 e. The van der Waals surface area contributed by atoms with Gasteiger partial charge in [-0.25, -0.2) is 0 Å². The van der Waals surface area contributed by atoms with E-state index < -0.39 is 6.85 Å². The Morgan fingerprint density at radius 2 is 1.41 bits per heavy atom. The first-order valence-corrected chi connectivity index (χ1v) is 5.73. The van der Waals surface area contributed by atoms with E-state index in [1.807, 2.05) is 30.3 Å². The van der Waals surface area contributed by atoms with Gasteiger partial charge in [-0.3, -0.25) is 0 Å². The fourth-order valence-corrected chi connectivity index (χ4v) is 2.81. The van der Waals surface area contributed by atoms with Crippen LogP contribution in [0, 0.1) is 6.85 Å². The summed E-state index contributed by atoms with van der Waals surface area (Å²) in [7, 11) is 0. The topological polar surface area (TPSA) is 0 Å². The summed E-state index contributed by atoms with van der Waals surface area (Å²) in [5, 5.41) is 1.92. The van der Waals surface area contributed by atoms with E-state index in [2.05, 4.69) is 18.2 Å². The maximum atomic E-state index is 7.71. The fourth-order valence-electron chi connectivity index (χ4n) is 2.81. The van der Waals surface area contributed by atoms with Crippen molar-refractivity contribution in [3.63, 3.8) is 0 Å². The first kappa shape index (κ1) is 6.61. The summed E-state index contributed by atoms with van der Waals surface area (Å²) in [6.07, 6.45) is 0. The lowest BCUT2D eigenvalue weighted by Crippen LogP contribution is -1.79. The van der Waals surface area contributed by atoms with Crippen molar-refractivity contribution in [2.75, 3.05) is 0 Å². The molecule has 0 saturated heterocycles. The molecule has 0 radical (unpaired) electrons. The van der Waals surface area contributed by atoms with Gasteiger partial charge in [0.05, 0.1) is 0 Å². The summed E-state index contributed by atoms with van der Waals surface area (Å²) in [5.74, 6) is 0. The van der Waals surface area contributed by atoms with E-state index >= 15 is 0 Å². The monoisotopic (exact) mass is 219 g/mol. The van der Waals surface area contributed by atoms with Crippen LogP contribution in [-0.4, -0.2) is 0 Å². The molecule has 0 heteroatoms. The van der Waals surface area contributed by atoms with Crippen molar-refractivity contribution in [2.45, 2.75) is 6.85 Å². The number of hydrogen-bond donors (Lipinski definition) is 0. The smallest absolute Gasteiger partial charge is 0.0280 e. The van der Waals surface area contributed by atoms with Crippen molar-refractivity contribution in [3.8, 4) is 22.3 Å². The van der Waals surface area contributed by atoms with Gasteiger partial charge in [-0.1, -0.05) is 54.6 Å². The number of fused-ring (bicyclic) bond motifs is 3. The van der Waals surface area contributed by atoms with Crippen LogP contribution in [0.3, 0.4) is 0 Å². The lowest BCUT2D eigenvalue weighted by molar-refractivity contribution is 1.54. The molecule has 1 aliphatic rings. The standard InChI is InChI=1S/C17H12/c1-11-9-10-16-14-6-3-2-5-13(14)15-8-4-7-12(11)17(15)16/h2-10H,1H3/i1D3. The van der Waals surface area contributed by atoms with Crippen molar-refractivity contribution in [3.05, 3.63) is 60.2 Å². The molecule has 0 nitrogen and oxygen atoms in total. The molecular formula is C17H12. The zero-order valence-electron chi connectivity index (χ0n) is 12.2. The van der Waals surface area contributed by atoms with Crippen LogP contribution in [0.5, 0.6) is 0 Å². The summed E-state index contributed by atoms with van der Waals surface area (Å²) in [5.41, 5.74) is 5.09. The summed E-state index contributed by atoms with van der Waals surface area (Å²) in [6.45, 7) is -2.08. The van der Waals surface area contributed by atoms with Crippen LogP contribution in [0.4, 0.5) is 0 Å². The van der Waals surface area contributed by atoms with Crippen molar-refractivity contribution in [2.24, 2.45) is 0 Å². The Labute approximate surface area is 105 Å². The van der Waals surface area contributed by atoms with E-state index in [4.69, 9.17) is 4.11 Å². The minimum absolute atomic E-state index is 0.436. The molecule has 3 aromatic rings. The van der Waals surface area contributed by atoms with Gasteiger partial charge < -0.3 is 0 Å². The highest BCUT2D eigenvalue weighted by Gasteiger charge is 2.20. The minimum atomic E-state index is -2.08. The maximum absolute atomic E-state index is 7.71. The van der Waals surface area contributed by atoms with Crippen LogP contribution in [-0.2, 0) is 0 Å². The second-order valence-corrected chi connectivity index (χ2v) is 4.43. The van der Waals surface area contributed by atoms with Gasteiger partial charge in [0.2, 0.25) is 0 Å². The molecule has 0 fully saturated rings. The van der Waals surface area contributed by atoms with Gasteiger partial charge in [0.25, 0.3) is 0 Å². The molecule has 0 N–H and O–H groups in total. The average molecular weight is 219 g/mol. The number of hydrogen-bond acceptors (Lipinski definition) is 0. The van der Waals surface area contributed by atoms with Gasteiger partial charge in [-0.05, 0) is 45.4 Å². The third-order valence-corrected chi connectivity index (χ3v) is 3.55. The van der Waals surface area contributed by atoms with Crippen LogP contribution >= 0.6 is 0 Å². The van der Waals surface area contributed by atoms with Crippen molar-refractivity contribution >= 4 is 10.8 Å². The Kier molecular flexibility index (Phi) is 1.16. The first-order valence-electron chi connectivity index (χ1n) is 7.23. The lowest BCUT2D eigenvalue weighted by atomic mass is 9.99. The highest BCUT2D eigenvalue weighted by molar-refractivity contribution is 6.15. The normalized spacial score (nSPS) is 15.2. The molecule has 0 amide bonds. The van der Waals surface area contributed by atoms with Crippen LogP contribution < -0.4 is 0 Å². The maximum Gasteiger partial charge on any atom is 0.0280 e. The molecule has 0 bridgehead atoms. The third kappa shape index (κ3) is 1.03. The number of benzene rings is 3. The quantitative estimate of drug-likeness (QED) is 0.398. The van der Waals surface area contributed by atoms with Gasteiger partial charge in [-0.15, -0.1) is 0 Å². The Morgan fingerprint density at radius 3 is 2.18 bits per heavy atom. The van der Waals surface area contributed by atoms with Gasteiger partial charge in [0.15, 0.2) is 0 Å². The third-order valence-electron chi connectivity index (χ3n) is 3.55. The second-order valence-electron chi connectivity index (χ2n) is 4.43. The predicted octanol–water partition coefficient (Wildman–Crippen LogP) is 4.80. The molecule has 0 aliphatic heterocycles. The van der Waals surface area contributed by atoms with E-state index in [1.165, 1.54) is 11.1 Å². The molecule has 0 aromatic heterocycles. The molecule has 80 valence electrons. The van der Waals surface area contributed by atoms with E-state index in [1.54, 1.807) is 6.07 Å². The molecule has 1 aliphatic carbocycles. The summed E-state index contributed by atoms with van der Waals surface area (Å²) in [6, 6.07) is 17.9. The SMILES string of the molecule is [2H]C([2H])([2H])c1ccc2c3c(cccc13)-c1ccccc1-2. The predicted molar refractivity (Wildman–Crippen MR) is 73.1 cm³/mol. The molecule has 0 spiro atoms. The van der Waals surface area contributed by atoms with Crippen molar-refractivity contribution in [1.29, 1.82) is 0 Å². The number of rotatable bonds is 0. The van der Waals surface area contributed by atoms with Crippen LogP contribution in [0.2, 0.25) is 0 Å². The van der Waals surface area contributed by atoms with E-state index in [0.29, 0.717) is 5.56 Å². The molecular weight excluding hydrogens is 204 g/mol. The van der Waals surface area contributed by atoms with Crippen molar-refractivity contribution in [1.82, 2.24) is 0 Å². The number of aryl methyl sites for hydroxylation is 1. The fraction of sp³-hybridized carbons (Fsp3) is 0.0588. The van der Waals surface area contributed by atoms with Gasteiger partial charge in [0, 0.05) is 4.11 Å². The Bertz CT molecular complexity index is 815. The lowest BCUT2D eigenvalue weighted by Gasteiger charge is -2.04. The van der Waals surface area contributed by atoms with Crippen molar-refractivity contribution < 1.29 is 4.11 Å². The Morgan fingerprint density at radius 1 is 0.706 bits per heavy atom. The molecule has 3 aromatic carbocycles. The average Bonchev–Trinajstić information content (AvgIpc) is 2.75. The van der Waals surface area contributed by atoms with E-state index in [-0.39, 0.29) is 0 Å². The van der Waals surface area contributed by atoms with Gasteiger partial charge >= 0.3 is 0 Å². The molecule has 17 heavy (non-hydrogen) atoms. The van der Waals surface area contributed by atoms with Gasteiger partial charge in [-0.2, -0.15) is 0 Å². The van der Waals surface area contributed by atoms with Crippen LogP contribution in [0.25, 0.3) is 33.0 Å². The zero-order valence-corrected chi connectivity index (χ0v) is 9.20. The van der Waals surface area contributed by atoms with E-state index in [0.717, 1.165) is 21.9 Å². The highest BCUT2D eigenvalue weighted by atomic mass is 14.2. The molecule has 0 heterocycles. The zero-order chi connectivity index (χ0) is 13.9. The highest BCUT2D eigenvalue weighted by Crippen LogP contribution is 2.47. The Balaban J connectivity index is 2.19. The Hall–Kier alpha value is -2.08. The molecule has 0 saturated carbocycles. The van der Waals surface area contributed by atoms with E-state index in [9.17, 15) is 0 Å². The molecule has 0 atom stereocenters. The van der Waals surface area contributed by atoms with Gasteiger partial charge in [0.1, 0.15) is 0 Å². The largest absolute Gasteiger partial charge is 0.0616 e. The summed E-state index contributed by atoms with van der Waals surface area (Å²) < 4.78 is 23.1. The first-order chi connectivity index (χ1) is 9.57. The van der Waals surface area contributed by atoms with Crippen LogP contribution in [0.1, 0.15) is 9.68 Å².